The Morgan fingerprint density at radius 2 is 1.49 bits per heavy atom. The molecule has 0 amide bonds. The molecule has 0 aromatic carbocycles. The number of nitrogens with zero attached hydrogens (tertiary/aromatic N) is 1. The van der Waals surface area contributed by atoms with E-state index in [-0.39, 0.29) is 18.9 Å². The molecule has 0 fully saturated rings. The molecule has 0 spiro atoms. The van der Waals surface area contributed by atoms with Gasteiger partial charge in [0, 0.05) is 71.0 Å². The number of aromatic nitrogens is 3. The molecule has 8 heteroatoms. The molecule has 0 radical (unpaired) electrons. The first kappa shape index (κ1) is 29.8. The minimum absolute atomic E-state index is 0.000579. The van der Waals surface area contributed by atoms with Crippen LogP contribution in [0.15, 0.2) is 36.1 Å². The summed E-state index contributed by atoms with van der Waals surface area (Å²) in [6.45, 7) is 16.5. The third kappa shape index (κ3) is 5.33. The summed E-state index contributed by atoms with van der Waals surface area (Å²) in [5.74, 6) is -1.71. The van der Waals surface area contributed by atoms with Crippen LogP contribution in [-0.4, -0.2) is 55.1 Å². The lowest BCUT2D eigenvalue weighted by Crippen LogP contribution is -2.29. The van der Waals surface area contributed by atoms with Crippen molar-refractivity contribution in [1.82, 2.24) is 19.9 Å². The van der Waals surface area contributed by atoms with Crippen molar-refractivity contribution in [3.05, 3.63) is 103 Å². The van der Waals surface area contributed by atoms with Crippen LogP contribution in [-0.2, 0) is 28.9 Å². The standard InChI is InChI=1S/C35H40N4O4/c1-8-22-18(3)28-17-33-23(9-2)21(6)32(39(33)7)16-27-20(5)25(11-13-35(42)43)31(38-27)15-30-24(10-12-34(40)41)19(4)26(36-30)14-29(22)37-28/h8-9,14-16,33,36-38H,1-2,10-13,17H2,3-7H3,(H,40,41)(H,42,43)/b26-14-,30-15-,32-16-. The topological polar surface area (TPSA) is 125 Å². The number of hydrogen-bond acceptors (Lipinski definition) is 3. The Morgan fingerprint density at radius 3 is 2.12 bits per heavy atom. The van der Waals surface area contributed by atoms with Crippen LogP contribution in [0.1, 0.15) is 75.9 Å². The molecule has 1 atom stereocenters. The van der Waals surface area contributed by atoms with E-state index in [1.165, 1.54) is 5.57 Å². The number of allylic oxidation sites excluding steroid dienone is 1. The SMILES string of the molecule is C=CC1=C(C)/C2=C/c3[nH]c(c(CCC(=O)O)c3C)/C=c3\[nH]/c(c(C)c3CCC(=O)O)=C\c3[nH]c(c(C)c3C=C)CC1N2C. The van der Waals surface area contributed by atoms with Gasteiger partial charge in [-0.2, -0.15) is 0 Å². The van der Waals surface area contributed by atoms with Crippen LogP contribution in [0.3, 0.4) is 0 Å². The molecule has 43 heavy (non-hydrogen) atoms. The molecule has 2 aliphatic rings. The Morgan fingerprint density at radius 1 is 0.837 bits per heavy atom. The minimum Gasteiger partial charge on any atom is -0.481 e. The highest BCUT2D eigenvalue weighted by Gasteiger charge is 2.32. The number of aromatic amines is 3. The fourth-order valence-corrected chi connectivity index (χ4v) is 6.67. The van der Waals surface area contributed by atoms with Gasteiger partial charge in [-0.25, -0.2) is 0 Å². The van der Waals surface area contributed by atoms with Gasteiger partial charge in [0.1, 0.15) is 0 Å². The Bertz CT molecular complexity index is 1860. The molecule has 8 bridgehead atoms. The highest BCUT2D eigenvalue weighted by molar-refractivity contribution is 5.71. The van der Waals surface area contributed by atoms with E-state index in [1.54, 1.807) is 0 Å². The summed E-state index contributed by atoms with van der Waals surface area (Å²) in [7, 11) is 2.11. The van der Waals surface area contributed by atoms with Gasteiger partial charge in [-0.15, -0.1) is 0 Å². The normalized spacial score (nSPS) is 18.9. The first-order valence-electron chi connectivity index (χ1n) is 14.6. The van der Waals surface area contributed by atoms with Crippen LogP contribution in [0, 0.1) is 20.8 Å². The highest BCUT2D eigenvalue weighted by atomic mass is 16.4. The van der Waals surface area contributed by atoms with E-state index >= 15 is 0 Å². The first-order chi connectivity index (χ1) is 20.4. The lowest BCUT2D eigenvalue weighted by Gasteiger charge is -2.25. The van der Waals surface area contributed by atoms with Crippen LogP contribution in [0.25, 0.3) is 24.3 Å². The zero-order valence-corrected chi connectivity index (χ0v) is 25.6. The smallest absolute Gasteiger partial charge is 0.303 e. The molecular formula is C35H40N4O4. The third-order valence-electron chi connectivity index (χ3n) is 9.22. The molecule has 5 N–H and O–H groups in total. The molecule has 3 aromatic heterocycles. The van der Waals surface area contributed by atoms with Crippen molar-refractivity contribution in [2.45, 2.75) is 65.8 Å². The number of aliphatic carboxylic acids is 2. The van der Waals surface area contributed by atoms with Crippen molar-refractivity contribution >= 4 is 36.2 Å². The summed E-state index contributed by atoms with van der Waals surface area (Å²) >= 11 is 0. The lowest BCUT2D eigenvalue weighted by molar-refractivity contribution is -0.138. The fourth-order valence-electron chi connectivity index (χ4n) is 6.67. The predicted molar refractivity (Wildman–Crippen MR) is 171 cm³/mol. The van der Waals surface area contributed by atoms with E-state index in [9.17, 15) is 19.8 Å². The highest BCUT2D eigenvalue weighted by Crippen LogP contribution is 2.37. The molecule has 0 aliphatic carbocycles. The van der Waals surface area contributed by atoms with Gasteiger partial charge in [0.05, 0.1) is 6.04 Å². The summed E-state index contributed by atoms with van der Waals surface area (Å²) in [6, 6.07) is 0.0775. The van der Waals surface area contributed by atoms with Crippen LogP contribution in [0.4, 0.5) is 0 Å². The van der Waals surface area contributed by atoms with Gasteiger partial charge < -0.3 is 30.1 Å². The molecular weight excluding hydrogens is 540 g/mol. The molecule has 0 saturated carbocycles. The summed E-state index contributed by atoms with van der Waals surface area (Å²) < 4.78 is 0. The lowest BCUT2D eigenvalue weighted by atomic mass is 9.98. The van der Waals surface area contributed by atoms with E-state index < -0.39 is 11.9 Å². The molecule has 5 heterocycles. The van der Waals surface area contributed by atoms with Crippen molar-refractivity contribution in [1.29, 1.82) is 0 Å². The largest absolute Gasteiger partial charge is 0.481 e. The van der Waals surface area contributed by atoms with E-state index in [2.05, 4.69) is 66.1 Å². The van der Waals surface area contributed by atoms with Gasteiger partial charge in [-0.1, -0.05) is 25.3 Å². The second-order valence-corrected chi connectivity index (χ2v) is 11.6. The van der Waals surface area contributed by atoms with Gasteiger partial charge >= 0.3 is 11.9 Å². The number of carboxylic acids is 2. The van der Waals surface area contributed by atoms with Crippen molar-refractivity contribution in [2.24, 2.45) is 0 Å². The first-order valence-corrected chi connectivity index (χ1v) is 14.6. The average Bonchev–Trinajstić information content (AvgIpc) is 3.59. The molecule has 5 rings (SSSR count). The Labute approximate surface area is 251 Å². The fraction of sp³-hybridized carbons (Fsp3) is 0.314. The summed E-state index contributed by atoms with van der Waals surface area (Å²) in [4.78, 5) is 36.3. The Balaban J connectivity index is 1.86. The number of H-pyrrole nitrogens is 3. The number of carboxylic acid groups (broad SMARTS) is 2. The van der Waals surface area contributed by atoms with Crippen LogP contribution < -0.4 is 10.7 Å². The van der Waals surface area contributed by atoms with Gasteiger partial charge in [-0.3, -0.25) is 9.59 Å². The summed E-state index contributed by atoms with van der Waals surface area (Å²) in [6.07, 6.45) is 11.5. The monoisotopic (exact) mass is 580 g/mol. The average molecular weight is 581 g/mol. The van der Waals surface area contributed by atoms with Gasteiger partial charge in [0.2, 0.25) is 0 Å². The molecule has 8 nitrogen and oxygen atoms in total. The second kappa shape index (κ2) is 11.5. The summed E-state index contributed by atoms with van der Waals surface area (Å²) in [5.41, 5.74) is 13.2. The molecule has 2 aliphatic heterocycles. The van der Waals surface area contributed by atoms with E-state index in [1.807, 2.05) is 32.1 Å². The Kier molecular flexibility index (Phi) is 7.97. The number of fused-ring (bicyclic) bond motifs is 8. The van der Waals surface area contributed by atoms with Gasteiger partial charge in [0.25, 0.3) is 0 Å². The summed E-state index contributed by atoms with van der Waals surface area (Å²) in [5, 5.41) is 20.7. The van der Waals surface area contributed by atoms with Crippen molar-refractivity contribution < 1.29 is 19.8 Å². The van der Waals surface area contributed by atoms with Crippen molar-refractivity contribution in [2.75, 3.05) is 7.05 Å². The molecule has 1 unspecified atom stereocenters. The molecule has 224 valence electrons. The number of hydrogen-bond donors (Lipinski definition) is 5. The number of likely N-dealkylation sites (N-methyl/N-ethyl adjacent to an activating group) is 1. The maximum absolute atomic E-state index is 11.6. The third-order valence-corrected chi connectivity index (χ3v) is 9.22. The van der Waals surface area contributed by atoms with Crippen LogP contribution in [0.5, 0.6) is 0 Å². The van der Waals surface area contributed by atoms with E-state index in [0.717, 1.165) is 84.5 Å². The van der Waals surface area contributed by atoms with Crippen molar-refractivity contribution in [3.8, 4) is 0 Å². The molecule has 3 aromatic rings. The quantitative estimate of drug-likeness (QED) is 0.265. The zero-order valence-electron chi connectivity index (χ0n) is 25.6. The minimum atomic E-state index is -0.859. The van der Waals surface area contributed by atoms with Gasteiger partial charge in [-0.05, 0) is 97.7 Å². The maximum atomic E-state index is 11.6. The number of rotatable bonds is 8. The van der Waals surface area contributed by atoms with E-state index in [4.69, 9.17) is 0 Å². The number of nitrogens with one attached hydrogen (secondary N) is 3. The number of carbonyl (C=O) groups is 2. The van der Waals surface area contributed by atoms with Crippen LogP contribution >= 0.6 is 0 Å². The van der Waals surface area contributed by atoms with Gasteiger partial charge in [0.15, 0.2) is 0 Å². The van der Waals surface area contributed by atoms with E-state index in [0.29, 0.717) is 12.8 Å². The molecule has 0 saturated heterocycles. The predicted octanol–water partition coefficient (Wildman–Crippen LogP) is 4.64. The maximum Gasteiger partial charge on any atom is 0.303 e. The Hall–Kier alpha value is -4.72. The zero-order chi connectivity index (χ0) is 31.2. The van der Waals surface area contributed by atoms with Crippen molar-refractivity contribution in [3.63, 3.8) is 0 Å². The van der Waals surface area contributed by atoms with Crippen LogP contribution in [0.2, 0.25) is 0 Å². The second-order valence-electron chi connectivity index (χ2n) is 11.6.